The third kappa shape index (κ3) is 2.05. The second kappa shape index (κ2) is 4.42. The highest BCUT2D eigenvalue weighted by atomic mass is 16.5. The first kappa shape index (κ1) is 13.1. The van der Waals surface area contributed by atoms with Crippen molar-refractivity contribution in [2.45, 2.75) is 50.9 Å². The highest BCUT2D eigenvalue weighted by molar-refractivity contribution is 5.84. The molecule has 0 amide bonds. The molecule has 0 heterocycles. The molecule has 0 bridgehead atoms. The number of ether oxygens (including phenoxy) is 1. The van der Waals surface area contributed by atoms with E-state index in [0.717, 1.165) is 24.8 Å². The largest absolute Gasteiger partial charge is 0.468 e. The molecule has 0 aliphatic heterocycles. The maximum Gasteiger partial charge on any atom is 0.316 e. The van der Waals surface area contributed by atoms with Crippen LogP contribution in [0.15, 0.2) is 24.3 Å². The standard InChI is InChI=1S/C16H22O2/c1-15(2,3)12-6-8-13(9-7-12)16(10-5-11-16)14(17)18-4/h6-9H,5,10-11H2,1-4H3. The lowest BCUT2D eigenvalue weighted by Crippen LogP contribution is -2.43. The molecule has 1 aliphatic carbocycles. The first-order valence-corrected chi connectivity index (χ1v) is 6.59. The number of esters is 1. The van der Waals surface area contributed by atoms with Crippen LogP contribution in [0, 0.1) is 0 Å². The van der Waals surface area contributed by atoms with Gasteiger partial charge in [0.25, 0.3) is 0 Å². The first-order valence-electron chi connectivity index (χ1n) is 6.59. The fourth-order valence-electron chi connectivity index (χ4n) is 2.63. The fraction of sp³-hybridized carbons (Fsp3) is 0.562. The summed E-state index contributed by atoms with van der Waals surface area (Å²) in [6, 6.07) is 8.46. The number of carbonyl (C=O) groups excluding carboxylic acids is 1. The predicted octanol–water partition coefficient (Wildman–Crippen LogP) is 3.58. The molecule has 0 unspecified atom stereocenters. The van der Waals surface area contributed by atoms with Crippen LogP contribution in [-0.2, 0) is 20.4 Å². The molecule has 0 N–H and O–H groups in total. The lowest BCUT2D eigenvalue weighted by atomic mass is 9.64. The summed E-state index contributed by atoms with van der Waals surface area (Å²) in [7, 11) is 1.48. The summed E-state index contributed by atoms with van der Waals surface area (Å²) in [6.45, 7) is 6.59. The predicted molar refractivity (Wildman–Crippen MR) is 72.7 cm³/mol. The van der Waals surface area contributed by atoms with Crippen molar-refractivity contribution < 1.29 is 9.53 Å². The summed E-state index contributed by atoms with van der Waals surface area (Å²) in [4.78, 5) is 12.0. The van der Waals surface area contributed by atoms with Gasteiger partial charge in [0, 0.05) is 0 Å². The lowest BCUT2D eigenvalue weighted by molar-refractivity contribution is -0.151. The van der Waals surface area contributed by atoms with E-state index in [0.29, 0.717) is 0 Å². The van der Waals surface area contributed by atoms with Gasteiger partial charge in [0.1, 0.15) is 0 Å². The van der Waals surface area contributed by atoms with E-state index >= 15 is 0 Å². The SMILES string of the molecule is COC(=O)C1(c2ccc(C(C)(C)C)cc2)CCC1. The van der Waals surface area contributed by atoms with Crippen molar-refractivity contribution in [2.75, 3.05) is 7.11 Å². The van der Waals surface area contributed by atoms with Gasteiger partial charge in [0.15, 0.2) is 0 Å². The third-order valence-corrected chi connectivity index (χ3v) is 4.09. The highest BCUT2D eigenvalue weighted by Crippen LogP contribution is 2.45. The normalized spacial score (nSPS) is 18.0. The van der Waals surface area contributed by atoms with Crippen molar-refractivity contribution in [2.24, 2.45) is 0 Å². The maximum absolute atomic E-state index is 12.0. The Labute approximate surface area is 109 Å². The van der Waals surface area contributed by atoms with Crippen molar-refractivity contribution in [1.29, 1.82) is 0 Å². The van der Waals surface area contributed by atoms with Crippen molar-refractivity contribution in [3.05, 3.63) is 35.4 Å². The molecule has 0 radical (unpaired) electrons. The van der Waals surface area contributed by atoms with E-state index in [4.69, 9.17) is 4.74 Å². The van der Waals surface area contributed by atoms with Crippen molar-refractivity contribution in [3.8, 4) is 0 Å². The third-order valence-electron chi connectivity index (χ3n) is 4.09. The molecule has 0 saturated heterocycles. The molecule has 2 nitrogen and oxygen atoms in total. The van der Waals surface area contributed by atoms with Crippen LogP contribution in [0.1, 0.15) is 51.2 Å². The van der Waals surface area contributed by atoms with E-state index in [1.807, 2.05) is 0 Å². The minimum Gasteiger partial charge on any atom is -0.468 e. The fourth-order valence-corrected chi connectivity index (χ4v) is 2.63. The number of methoxy groups -OCH3 is 1. The smallest absolute Gasteiger partial charge is 0.316 e. The summed E-state index contributed by atoms with van der Waals surface area (Å²) in [5.74, 6) is -0.0859. The molecule has 0 atom stereocenters. The Balaban J connectivity index is 2.31. The van der Waals surface area contributed by atoms with Crippen LogP contribution in [0.2, 0.25) is 0 Å². The highest BCUT2D eigenvalue weighted by Gasteiger charge is 2.46. The second-order valence-corrected chi connectivity index (χ2v) is 6.25. The van der Waals surface area contributed by atoms with Gasteiger partial charge in [-0.05, 0) is 29.4 Å². The van der Waals surface area contributed by atoms with E-state index in [9.17, 15) is 4.79 Å². The van der Waals surface area contributed by atoms with Gasteiger partial charge in [0.05, 0.1) is 12.5 Å². The molecule has 2 heteroatoms. The van der Waals surface area contributed by atoms with Gasteiger partial charge >= 0.3 is 5.97 Å². The topological polar surface area (TPSA) is 26.3 Å². The number of benzene rings is 1. The Morgan fingerprint density at radius 3 is 2.06 bits per heavy atom. The molecule has 0 aromatic heterocycles. The van der Waals surface area contributed by atoms with E-state index in [1.165, 1.54) is 12.7 Å². The zero-order valence-corrected chi connectivity index (χ0v) is 11.7. The van der Waals surface area contributed by atoms with Crippen LogP contribution in [0.4, 0.5) is 0 Å². The van der Waals surface area contributed by atoms with Gasteiger partial charge in [-0.15, -0.1) is 0 Å². The van der Waals surface area contributed by atoms with Crippen LogP contribution in [0.25, 0.3) is 0 Å². The molecule has 0 spiro atoms. The van der Waals surface area contributed by atoms with E-state index in [2.05, 4.69) is 45.0 Å². The Bertz CT molecular complexity index is 433. The van der Waals surface area contributed by atoms with Crippen LogP contribution in [0.3, 0.4) is 0 Å². The number of hydrogen-bond acceptors (Lipinski definition) is 2. The Kier molecular flexibility index (Phi) is 3.22. The van der Waals surface area contributed by atoms with Crippen molar-refractivity contribution in [3.63, 3.8) is 0 Å². The number of rotatable bonds is 2. The van der Waals surface area contributed by atoms with E-state index < -0.39 is 0 Å². The Morgan fingerprint density at radius 1 is 1.17 bits per heavy atom. The molecular weight excluding hydrogens is 224 g/mol. The molecule has 2 rings (SSSR count). The quantitative estimate of drug-likeness (QED) is 0.746. The van der Waals surface area contributed by atoms with Gasteiger partial charge in [0.2, 0.25) is 0 Å². The maximum atomic E-state index is 12.0. The molecule has 98 valence electrons. The van der Waals surface area contributed by atoms with Crippen molar-refractivity contribution >= 4 is 5.97 Å². The zero-order valence-electron chi connectivity index (χ0n) is 11.7. The summed E-state index contributed by atoms with van der Waals surface area (Å²) in [5, 5.41) is 0. The molecule has 1 aliphatic rings. The van der Waals surface area contributed by atoms with Crippen LogP contribution >= 0.6 is 0 Å². The molecule has 1 aromatic rings. The lowest BCUT2D eigenvalue weighted by Gasteiger charge is -2.39. The Hall–Kier alpha value is -1.31. The van der Waals surface area contributed by atoms with Gasteiger partial charge in [-0.2, -0.15) is 0 Å². The monoisotopic (exact) mass is 246 g/mol. The summed E-state index contributed by atoms with van der Waals surface area (Å²) in [6.07, 6.45) is 2.93. The minimum absolute atomic E-state index is 0.0859. The molecule has 1 aromatic carbocycles. The van der Waals surface area contributed by atoms with Gasteiger partial charge < -0.3 is 4.74 Å². The van der Waals surface area contributed by atoms with Gasteiger partial charge in [-0.1, -0.05) is 51.5 Å². The average molecular weight is 246 g/mol. The van der Waals surface area contributed by atoms with Crippen molar-refractivity contribution in [1.82, 2.24) is 0 Å². The van der Waals surface area contributed by atoms with Crippen LogP contribution < -0.4 is 0 Å². The van der Waals surface area contributed by atoms with Crippen LogP contribution in [0.5, 0.6) is 0 Å². The molecule has 18 heavy (non-hydrogen) atoms. The average Bonchev–Trinajstić information content (AvgIpc) is 2.27. The second-order valence-electron chi connectivity index (χ2n) is 6.25. The Morgan fingerprint density at radius 2 is 1.72 bits per heavy atom. The van der Waals surface area contributed by atoms with Gasteiger partial charge in [-0.25, -0.2) is 0 Å². The van der Waals surface area contributed by atoms with E-state index in [-0.39, 0.29) is 16.8 Å². The minimum atomic E-state index is -0.370. The number of carbonyl (C=O) groups is 1. The first-order chi connectivity index (χ1) is 8.40. The molecule has 1 fully saturated rings. The summed E-state index contributed by atoms with van der Waals surface area (Å²) < 4.78 is 4.97. The summed E-state index contributed by atoms with van der Waals surface area (Å²) in [5.41, 5.74) is 2.18. The van der Waals surface area contributed by atoms with E-state index in [1.54, 1.807) is 0 Å². The summed E-state index contributed by atoms with van der Waals surface area (Å²) >= 11 is 0. The number of hydrogen-bond donors (Lipinski definition) is 0. The molecule has 1 saturated carbocycles. The molecular formula is C16H22O2. The van der Waals surface area contributed by atoms with Gasteiger partial charge in [-0.3, -0.25) is 4.79 Å². The zero-order chi connectivity index (χ0) is 13.4. The van der Waals surface area contributed by atoms with Crippen LogP contribution in [-0.4, -0.2) is 13.1 Å².